The van der Waals surface area contributed by atoms with E-state index in [0.717, 1.165) is 0 Å². The monoisotopic (exact) mass is 264 g/mol. The Kier molecular flexibility index (Phi) is 5.53. The quantitative estimate of drug-likeness (QED) is 0.383. The van der Waals surface area contributed by atoms with Gasteiger partial charge < -0.3 is 14.6 Å². The largest absolute Gasteiger partial charge is 0.510 e. The summed E-state index contributed by atoms with van der Waals surface area (Å²) >= 11 is 0. The lowest BCUT2D eigenvalue weighted by Gasteiger charge is -2.02. The van der Waals surface area contributed by atoms with Crippen LogP contribution in [0.2, 0.25) is 0 Å². The van der Waals surface area contributed by atoms with Crippen LogP contribution in [0.4, 0.5) is 5.69 Å². The van der Waals surface area contributed by atoms with Crippen LogP contribution < -0.4 is 4.74 Å². The summed E-state index contributed by atoms with van der Waals surface area (Å²) in [5, 5.41) is 17.0. The number of carbonyl (C=O) groups excluding carboxylic acids is 1. The summed E-state index contributed by atoms with van der Waals surface area (Å²) in [6.45, 7) is 3.21. The van der Waals surface area contributed by atoms with Crippen LogP contribution in [0.25, 0.3) is 0 Å². The van der Waals surface area contributed by atoms with Crippen molar-refractivity contribution in [3.63, 3.8) is 0 Å². The van der Waals surface area contributed by atoms with Crippen molar-refractivity contribution in [2.75, 3.05) is 13.7 Å². The third kappa shape index (κ3) is 4.42. The second-order valence-electron chi connectivity index (χ2n) is 3.56. The van der Waals surface area contributed by atoms with Crippen LogP contribution in [0.1, 0.15) is 13.8 Å². The normalized spacial score (nSPS) is 12.2. The molecule has 0 saturated carbocycles. The minimum Gasteiger partial charge on any atom is -0.510 e. The van der Waals surface area contributed by atoms with E-state index in [2.05, 4.69) is 10.2 Å². The number of ether oxygens (including phenoxy) is 2. The molecule has 0 spiro atoms. The topological polar surface area (TPSA) is 80.5 Å². The van der Waals surface area contributed by atoms with E-state index in [1.54, 1.807) is 31.2 Å². The summed E-state index contributed by atoms with van der Waals surface area (Å²) in [6.07, 6.45) is 0. The first-order chi connectivity index (χ1) is 9.08. The number of azo groups is 1. The molecule has 0 amide bonds. The minimum absolute atomic E-state index is 0.199. The lowest BCUT2D eigenvalue weighted by atomic mass is 10.3. The zero-order chi connectivity index (χ0) is 14.3. The van der Waals surface area contributed by atoms with Crippen molar-refractivity contribution in [1.82, 2.24) is 0 Å². The second kappa shape index (κ2) is 7.15. The van der Waals surface area contributed by atoms with Gasteiger partial charge in [-0.2, -0.15) is 5.11 Å². The molecule has 6 heteroatoms. The van der Waals surface area contributed by atoms with Gasteiger partial charge in [0.05, 0.1) is 19.4 Å². The minimum atomic E-state index is -0.714. The average molecular weight is 264 g/mol. The Balaban J connectivity index is 2.93. The molecule has 0 radical (unpaired) electrons. The van der Waals surface area contributed by atoms with Gasteiger partial charge in [0, 0.05) is 6.07 Å². The standard InChI is InChI=1S/C13H16N2O4/c1-4-19-13(17)12(9(2)16)15-14-10-6-5-7-11(8-10)18-3/h5-8,16H,4H2,1-3H3/b12-9+,15-14?. The Labute approximate surface area is 111 Å². The summed E-state index contributed by atoms with van der Waals surface area (Å²) in [5.41, 5.74) is 0.284. The zero-order valence-electron chi connectivity index (χ0n) is 11.1. The molecule has 0 atom stereocenters. The van der Waals surface area contributed by atoms with Crippen LogP contribution in [-0.4, -0.2) is 24.8 Å². The van der Waals surface area contributed by atoms with E-state index in [-0.39, 0.29) is 18.1 Å². The third-order valence-electron chi connectivity index (χ3n) is 2.13. The summed E-state index contributed by atoms with van der Waals surface area (Å²) in [7, 11) is 1.54. The van der Waals surface area contributed by atoms with Crippen molar-refractivity contribution in [2.45, 2.75) is 13.8 Å². The highest BCUT2D eigenvalue weighted by molar-refractivity contribution is 5.88. The van der Waals surface area contributed by atoms with Crippen LogP contribution in [0.15, 0.2) is 46.0 Å². The number of benzene rings is 1. The maximum Gasteiger partial charge on any atom is 0.362 e. The van der Waals surface area contributed by atoms with Crippen molar-refractivity contribution in [3.05, 3.63) is 35.7 Å². The van der Waals surface area contributed by atoms with Crippen molar-refractivity contribution in [1.29, 1.82) is 0 Å². The van der Waals surface area contributed by atoms with Crippen molar-refractivity contribution in [2.24, 2.45) is 10.2 Å². The molecule has 1 N–H and O–H groups in total. The van der Waals surface area contributed by atoms with Gasteiger partial charge in [0.15, 0.2) is 0 Å². The lowest BCUT2D eigenvalue weighted by Crippen LogP contribution is -2.07. The molecule has 6 nitrogen and oxygen atoms in total. The Morgan fingerprint density at radius 1 is 1.42 bits per heavy atom. The van der Waals surface area contributed by atoms with Crippen molar-refractivity contribution >= 4 is 11.7 Å². The molecular formula is C13H16N2O4. The fourth-order valence-corrected chi connectivity index (χ4v) is 1.24. The van der Waals surface area contributed by atoms with Gasteiger partial charge in [-0.15, -0.1) is 5.11 Å². The fraction of sp³-hybridized carbons (Fsp3) is 0.308. The predicted octanol–water partition coefficient (Wildman–Crippen LogP) is 3.13. The number of nitrogens with zero attached hydrogens (tertiary/aromatic N) is 2. The molecule has 19 heavy (non-hydrogen) atoms. The maximum atomic E-state index is 11.5. The highest BCUT2D eigenvalue weighted by atomic mass is 16.5. The van der Waals surface area contributed by atoms with Crippen molar-refractivity contribution < 1.29 is 19.4 Å². The number of methoxy groups -OCH3 is 1. The van der Waals surface area contributed by atoms with Gasteiger partial charge >= 0.3 is 5.97 Å². The van der Waals surface area contributed by atoms with Crippen LogP contribution in [-0.2, 0) is 9.53 Å². The second-order valence-corrected chi connectivity index (χ2v) is 3.56. The zero-order valence-corrected chi connectivity index (χ0v) is 11.1. The molecule has 0 heterocycles. The number of allylic oxidation sites excluding steroid dienone is 1. The van der Waals surface area contributed by atoms with Gasteiger partial charge in [-0.05, 0) is 26.0 Å². The molecule has 0 aliphatic carbocycles. The first-order valence-electron chi connectivity index (χ1n) is 5.71. The summed E-state index contributed by atoms with van der Waals surface area (Å²) in [4.78, 5) is 11.5. The summed E-state index contributed by atoms with van der Waals surface area (Å²) in [6, 6.07) is 6.85. The average Bonchev–Trinajstić information content (AvgIpc) is 2.39. The number of hydrogen-bond donors (Lipinski definition) is 1. The molecule has 1 aromatic rings. The van der Waals surface area contributed by atoms with Gasteiger partial charge in [0.25, 0.3) is 0 Å². The Morgan fingerprint density at radius 3 is 2.74 bits per heavy atom. The SMILES string of the molecule is CCOC(=O)/C(N=Nc1cccc(OC)c1)=C(/C)O. The Hall–Kier alpha value is -2.37. The van der Waals surface area contributed by atoms with Gasteiger partial charge in [-0.1, -0.05) is 6.07 Å². The Bertz CT molecular complexity index is 505. The highest BCUT2D eigenvalue weighted by Gasteiger charge is 2.13. The number of hydrogen-bond acceptors (Lipinski definition) is 6. The van der Waals surface area contributed by atoms with Crippen LogP contribution in [0, 0.1) is 0 Å². The van der Waals surface area contributed by atoms with Crippen LogP contribution in [0.3, 0.4) is 0 Å². The molecule has 0 aromatic heterocycles. The molecule has 1 aromatic carbocycles. The maximum absolute atomic E-state index is 11.5. The first kappa shape index (κ1) is 14.7. The van der Waals surface area contributed by atoms with Gasteiger partial charge in [0.2, 0.25) is 5.70 Å². The van der Waals surface area contributed by atoms with Crippen LogP contribution >= 0.6 is 0 Å². The number of aliphatic hydroxyl groups excluding tert-OH is 1. The number of rotatable bonds is 5. The predicted molar refractivity (Wildman–Crippen MR) is 69.5 cm³/mol. The molecule has 1 rings (SSSR count). The van der Waals surface area contributed by atoms with E-state index >= 15 is 0 Å². The molecule has 0 saturated heterocycles. The summed E-state index contributed by atoms with van der Waals surface area (Å²) in [5.74, 6) is -0.335. The smallest absolute Gasteiger partial charge is 0.362 e. The Morgan fingerprint density at radius 2 is 2.16 bits per heavy atom. The van der Waals surface area contributed by atoms with E-state index in [1.165, 1.54) is 14.0 Å². The van der Waals surface area contributed by atoms with E-state index in [1.807, 2.05) is 0 Å². The third-order valence-corrected chi connectivity index (χ3v) is 2.13. The van der Waals surface area contributed by atoms with Crippen LogP contribution in [0.5, 0.6) is 5.75 Å². The van der Waals surface area contributed by atoms with E-state index in [4.69, 9.17) is 9.47 Å². The molecule has 0 aliphatic heterocycles. The molecule has 0 bridgehead atoms. The van der Waals surface area contributed by atoms with Gasteiger partial charge in [-0.3, -0.25) is 0 Å². The number of esters is 1. The summed E-state index contributed by atoms with van der Waals surface area (Å²) < 4.78 is 9.80. The molecule has 102 valence electrons. The van der Waals surface area contributed by atoms with E-state index in [9.17, 15) is 9.90 Å². The number of carbonyl (C=O) groups is 1. The molecule has 0 aliphatic rings. The first-order valence-corrected chi connectivity index (χ1v) is 5.71. The number of aliphatic hydroxyl groups is 1. The van der Waals surface area contributed by atoms with E-state index in [0.29, 0.717) is 11.4 Å². The van der Waals surface area contributed by atoms with Crippen molar-refractivity contribution in [3.8, 4) is 5.75 Å². The highest BCUT2D eigenvalue weighted by Crippen LogP contribution is 2.21. The molecule has 0 unspecified atom stereocenters. The van der Waals surface area contributed by atoms with Gasteiger partial charge in [-0.25, -0.2) is 4.79 Å². The lowest BCUT2D eigenvalue weighted by molar-refractivity contribution is -0.138. The van der Waals surface area contributed by atoms with Gasteiger partial charge in [0.1, 0.15) is 11.5 Å². The van der Waals surface area contributed by atoms with E-state index < -0.39 is 5.97 Å². The molecule has 0 fully saturated rings. The fourth-order valence-electron chi connectivity index (χ4n) is 1.24. The molecular weight excluding hydrogens is 248 g/mol.